The fourth-order valence-corrected chi connectivity index (χ4v) is 1.50. The lowest BCUT2D eigenvalue weighted by Crippen LogP contribution is -2.07. The Kier molecular flexibility index (Phi) is 4.15. The van der Waals surface area contributed by atoms with Crippen LogP contribution in [0.4, 0.5) is 5.95 Å². The Hall–Kier alpha value is -0.640. The second kappa shape index (κ2) is 5.17. The van der Waals surface area contributed by atoms with Crippen molar-refractivity contribution in [3.8, 4) is 0 Å². The van der Waals surface area contributed by atoms with Crippen LogP contribution in [-0.4, -0.2) is 28.1 Å². The fraction of sp³-hybridized carbons (Fsp3) is 0.667. The first-order valence-corrected chi connectivity index (χ1v) is 5.78. The lowest BCUT2D eigenvalue weighted by Gasteiger charge is -2.10. The third kappa shape index (κ3) is 2.95. The van der Waals surface area contributed by atoms with Crippen LogP contribution in [0.15, 0.2) is 12.4 Å². The Balaban J connectivity index is 2.44. The molecule has 0 radical (unpaired) electrons. The summed E-state index contributed by atoms with van der Waals surface area (Å²) in [7, 11) is 1.90. The molecule has 74 valence electrons. The topological polar surface area (TPSA) is 29.9 Å². The minimum atomic E-state index is 0.715. The van der Waals surface area contributed by atoms with Gasteiger partial charge < -0.3 is 9.88 Å². The summed E-state index contributed by atoms with van der Waals surface area (Å²) in [5.41, 5.74) is 0. The van der Waals surface area contributed by atoms with Gasteiger partial charge in [0.15, 0.2) is 0 Å². The predicted molar refractivity (Wildman–Crippen MR) is 59.4 cm³/mol. The molecule has 1 unspecified atom stereocenters. The molecule has 0 aliphatic heterocycles. The zero-order valence-electron chi connectivity index (χ0n) is 8.45. The quantitative estimate of drug-likeness (QED) is 0.787. The van der Waals surface area contributed by atoms with Crippen LogP contribution in [0, 0.1) is 0 Å². The third-order valence-electron chi connectivity index (χ3n) is 2.12. The van der Waals surface area contributed by atoms with Crippen molar-refractivity contribution in [1.29, 1.82) is 0 Å². The molecule has 13 heavy (non-hydrogen) atoms. The van der Waals surface area contributed by atoms with Gasteiger partial charge in [-0.15, -0.1) is 0 Å². The molecule has 0 aliphatic carbocycles. The van der Waals surface area contributed by atoms with Gasteiger partial charge in [0.1, 0.15) is 0 Å². The molecule has 1 atom stereocenters. The monoisotopic (exact) mass is 199 g/mol. The maximum absolute atomic E-state index is 4.18. The van der Waals surface area contributed by atoms with E-state index in [2.05, 4.69) is 28.0 Å². The number of hydrogen-bond acceptors (Lipinski definition) is 3. The molecule has 0 bridgehead atoms. The first-order valence-electron chi connectivity index (χ1n) is 4.49. The van der Waals surface area contributed by atoms with Gasteiger partial charge in [-0.25, -0.2) is 4.98 Å². The Bertz CT molecular complexity index is 247. The predicted octanol–water partition coefficient (Wildman–Crippen LogP) is 2.07. The van der Waals surface area contributed by atoms with Gasteiger partial charge in [0.2, 0.25) is 5.95 Å². The molecule has 1 aromatic rings. The van der Waals surface area contributed by atoms with Crippen LogP contribution in [0.1, 0.15) is 13.3 Å². The van der Waals surface area contributed by atoms with Gasteiger partial charge in [-0.1, -0.05) is 6.92 Å². The molecule has 1 N–H and O–H groups in total. The number of aromatic nitrogens is 2. The zero-order valence-corrected chi connectivity index (χ0v) is 9.27. The van der Waals surface area contributed by atoms with E-state index in [-0.39, 0.29) is 0 Å². The molecule has 0 amide bonds. The molecule has 0 saturated carbocycles. The van der Waals surface area contributed by atoms with E-state index >= 15 is 0 Å². The van der Waals surface area contributed by atoms with Gasteiger partial charge in [-0.2, -0.15) is 11.8 Å². The van der Waals surface area contributed by atoms with Crippen molar-refractivity contribution in [2.75, 3.05) is 18.6 Å². The minimum absolute atomic E-state index is 0.715. The molecule has 1 heterocycles. The molecule has 1 aromatic heterocycles. The van der Waals surface area contributed by atoms with Crippen molar-refractivity contribution in [1.82, 2.24) is 9.55 Å². The van der Waals surface area contributed by atoms with Crippen LogP contribution in [0.3, 0.4) is 0 Å². The van der Waals surface area contributed by atoms with Gasteiger partial charge in [0, 0.05) is 31.2 Å². The van der Waals surface area contributed by atoms with Gasteiger partial charge >= 0.3 is 0 Å². The van der Waals surface area contributed by atoms with E-state index in [9.17, 15) is 0 Å². The van der Waals surface area contributed by atoms with Crippen LogP contribution in [0.2, 0.25) is 0 Å². The van der Waals surface area contributed by atoms with Gasteiger partial charge in [-0.3, -0.25) is 0 Å². The number of imidazole rings is 1. The first kappa shape index (κ1) is 10.4. The van der Waals surface area contributed by atoms with E-state index in [0.29, 0.717) is 5.25 Å². The molecule has 0 aromatic carbocycles. The number of anilines is 1. The van der Waals surface area contributed by atoms with E-state index in [1.165, 1.54) is 6.42 Å². The van der Waals surface area contributed by atoms with E-state index in [0.717, 1.165) is 12.5 Å². The number of rotatable bonds is 5. The second-order valence-corrected chi connectivity index (χ2v) is 4.31. The maximum Gasteiger partial charge on any atom is 0.202 e. The van der Waals surface area contributed by atoms with Gasteiger partial charge in [0.05, 0.1) is 0 Å². The van der Waals surface area contributed by atoms with Crippen molar-refractivity contribution in [3.63, 3.8) is 0 Å². The average molecular weight is 199 g/mol. The van der Waals surface area contributed by atoms with Crippen LogP contribution < -0.4 is 5.32 Å². The molecule has 0 saturated heterocycles. The molecular formula is C9H17N3S. The Morgan fingerprint density at radius 2 is 2.46 bits per heavy atom. The molecular weight excluding hydrogens is 182 g/mol. The lowest BCUT2D eigenvalue weighted by molar-refractivity contribution is 0.646. The molecule has 4 heteroatoms. The van der Waals surface area contributed by atoms with Gasteiger partial charge in [-0.05, 0) is 12.7 Å². The fourth-order valence-electron chi connectivity index (χ4n) is 1.16. The zero-order chi connectivity index (χ0) is 9.68. The van der Waals surface area contributed by atoms with E-state index in [4.69, 9.17) is 0 Å². The third-order valence-corrected chi connectivity index (χ3v) is 3.16. The summed E-state index contributed by atoms with van der Waals surface area (Å²) in [5.74, 6) is 0.952. The van der Waals surface area contributed by atoms with Crippen LogP contribution in [-0.2, 0) is 6.54 Å². The first-order chi connectivity index (χ1) is 6.27. The molecule has 0 aliphatic rings. The van der Waals surface area contributed by atoms with Crippen molar-refractivity contribution >= 4 is 17.7 Å². The molecule has 0 fully saturated rings. The van der Waals surface area contributed by atoms with Crippen LogP contribution in [0.5, 0.6) is 0 Å². The van der Waals surface area contributed by atoms with E-state index in [1.807, 2.05) is 31.2 Å². The van der Waals surface area contributed by atoms with Crippen LogP contribution >= 0.6 is 11.8 Å². The number of aryl methyl sites for hydroxylation is 1. The van der Waals surface area contributed by atoms with E-state index in [1.54, 1.807) is 0 Å². The molecule has 0 spiro atoms. The summed E-state index contributed by atoms with van der Waals surface area (Å²) in [4.78, 5) is 4.18. The number of nitrogens with one attached hydrogen (secondary N) is 1. The summed E-state index contributed by atoms with van der Waals surface area (Å²) in [6.07, 6.45) is 7.18. The second-order valence-electron chi connectivity index (χ2n) is 3.03. The largest absolute Gasteiger partial charge is 0.359 e. The normalized spacial score (nSPS) is 12.8. The Labute approximate surface area is 83.9 Å². The summed E-state index contributed by atoms with van der Waals surface area (Å²) in [5, 5.41) is 3.78. The highest BCUT2D eigenvalue weighted by Gasteiger charge is 2.02. The Morgan fingerprint density at radius 3 is 3.08 bits per heavy atom. The minimum Gasteiger partial charge on any atom is -0.359 e. The van der Waals surface area contributed by atoms with Crippen molar-refractivity contribution in [2.45, 2.75) is 25.1 Å². The molecule has 1 rings (SSSR count). The smallest absolute Gasteiger partial charge is 0.202 e. The SMILES string of the molecule is CNc1nccn1CCC(C)SC. The lowest BCUT2D eigenvalue weighted by atomic mass is 10.3. The Morgan fingerprint density at radius 1 is 1.69 bits per heavy atom. The van der Waals surface area contributed by atoms with Crippen molar-refractivity contribution < 1.29 is 0 Å². The average Bonchev–Trinajstić information content (AvgIpc) is 2.61. The molecule has 3 nitrogen and oxygen atoms in total. The van der Waals surface area contributed by atoms with E-state index < -0.39 is 0 Å². The highest BCUT2D eigenvalue weighted by atomic mass is 32.2. The van der Waals surface area contributed by atoms with Crippen molar-refractivity contribution in [2.24, 2.45) is 0 Å². The number of hydrogen-bond donors (Lipinski definition) is 1. The number of thioether (sulfide) groups is 1. The van der Waals surface area contributed by atoms with Gasteiger partial charge in [0.25, 0.3) is 0 Å². The summed E-state index contributed by atoms with van der Waals surface area (Å²) in [6.45, 7) is 3.29. The summed E-state index contributed by atoms with van der Waals surface area (Å²) in [6, 6.07) is 0. The maximum atomic E-state index is 4.18. The summed E-state index contributed by atoms with van der Waals surface area (Å²) >= 11 is 1.91. The number of nitrogens with zero attached hydrogens (tertiary/aromatic N) is 2. The van der Waals surface area contributed by atoms with Crippen molar-refractivity contribution in [3.05, 3.63) is 12.4 Å². The standard InChI is InChI=1S/C9H17N3S/c1-8(13-3)4-6-12-7-5-11-9(12)10-2/h5,7-8H,4,6H2,1-3H3,(H,10,11). The highest BCUT2D eigenvalue weighted by Crippen LogP contribution is 2.12. The van der Waals surface area contributed by atoms with Crippen LogP contribution in [0.25, 0.3) is 0 Å². The summed E-state index contributed by atoms with van der Waals surface area (Å²) < 4.78 is 2.15. The highest BCUT2D eigenvalue weighted by molar-refractivity contribution is 7.99.